The van der Waals surface area contributed by atoms with Crippen molar-refractivity contribution in [2.75, 3.05) is 0 Å². The lowest BCUT2D eigenvalue weighted by Gasteiger charge is -2.19. The lowest BCUT2D eigenvalue weighted by atomic mass is 10.00. The van der Waals surface area contributed by atoms with Gasteiger partial charge in [0.05, 0.1) is 0 Å². The van der Waals surface area contributed by atoms with Gasteiger partial charge < -0.3 is 10.3 Å². The van der Waals surface area contributed by atoms with Gasteiger partial charge in [-0.05, 0) is 49.9 Å². The van der Waals surface area contributed by atoms with Crippen LogP contribution in [0.5, 0.6) is 0 Å². The molecule has 4 heteroatoms. The topological polar surface area (TPSA) is 44.9 Å². The number of nitrogens with one attached hydrogen (secondary N) is 2. The molecule has 1 aromatic carbocycles. The third-order valence-corrected chi connectivity index (χ3v) is 4.53. The van der Waals surface area contributed by atoms with E-state index in [1.54, 1.807) is 0 Å². The molecule has 3 nitrogen and oxygen atoms in total. The molecule has 106 valence electrons. The fourth-order valence-corrected chi connectivity index (χ4v) is 3.27. The van der Waals surface area contributed by atoms with Crippen molar-refractivity contribution in [1.29, 1.82) is 0 Å². The van der Waals surface area contributed by atoms with Crippen LogP contribution in [0.3, 0.4) is 0 Å². The number of hydrogen-bond donors (Lipinski definition) is 2. The highest BCUT2D eigenvalue weighted by Crippen LogP contribution is 2.27. The van der Waals surface area contributed by atoms with E-state index in [9.17, 15) is 4.79 Å². The normalized spacial score (nSPS) is 17.5. The quantitative estimate of drug-likeness (QED) is 0.877. The summed E-state index contributed by atoms with van der Waals surface area (Å²) in [6, 6.07) is 7.68. The van der Waals surface area contributed by atoms with Crippen LogP contribution in [0.1, 0.15) is 43.1 Å². The van der Waals surface area contributed by atoms with Gasteiger partial charge in [-0.1, -0.05) is 24.4 Å². The molecule has 0 spiro atoms. The molecule has 1 fully saturated rings. The van der Waals surface area contributed by atoms with Crippen molar-refractivity contribution in [3.63, 3.8) is 0 Å². The molecule has 1 aliphatic rings. The van der Waals surface area contributed by atoms with Crippen LogP contribution >= 0.6 is 11.6 Å². The molecule has 1 atom stereocenters. The Balaban J connectivity index is 1.74. The SMILES string of the molecule is CC(NC(=O)c1cc2cc(Cl)ccc2[nH]1)C1CCCC1. The summed E-state index contributed by atoms with van der Waals surface area (Å²) >= 11 is 5.96. The van der Waals surface area contributed by atoms with Crippen molar-refractivity contribution in [3.05, 3.63) is 35.0 Å². The second kappa shape index (κ2) is 5.49. The molecule has 1 saturated carbocycles. The Bertz CT molecular complexity index is 628. The molecular weight excluding hydrogens is 272 g/mol. The number of halogens is 1. The van der Waals surface area contributed by atoms with Crippen LogP contribution in [0.4, 0.5) is 0 Å². The predicted octanol–water partition coefficient (Wildman–Crippen LogP) is 4.13. The average molecular weight is 291 g/mol. The number of carbonyl (C=O) groups is 1. The van der Waals surface area contributed by atoms with E-state index in [4.69, 9.17) is 11.6 Å². The van der Waals surface area contributed by atoms with Crippen LogP contribution in [0, 0.1) is 5.92 Å². The molecule has 2 N–H and O–H groups in total. The molecule has 1 unspecified atom stereocenters. The Labute approximate surface area is 123 Å². The zero-order valence-electron chi connectivity index (χ0n) is 11.6. The van der Waals surface area contributed by atoms with Crippen molar-refractivity contribution in [3.8, 4) is 0 Å². The monoisotopic (exact) mass is 290 g/mol. The van der Waals surface area contributed by atoms with Gasteiger partial charge in [0.2, 0.25) is 0 Å². The van der Waals surface area contributed by atoms with E-state index in [1.807, 2.05) is 24.3 Å². The van der Waals surface area contributed by atoms with Gasteiger partial charge in [-0.25, -0.2) is 0 Å². The number of amides is 1. The molecule has 1 aromatic heterocycles. The van der Waals surface area contributed by atoms with Crippen LogP contribution < -0.4 is 5.32 Å². The molecule has 2 aromatic rings. The van der Waals surface area contributed by atoms with Crippen LogP contribution in [-0.2, 0) is 0 Å². The minimum Gasteiger partial charge on any atom is -0.351 e. The van der Waals surface area contributed by atoms with Crippen LogP contribution in [0.2, 0.25) is 5.02 Å². The van der Waals surface area contributed by atoms with Gasteiger partial charge in [-0.3, -0.25) is 4.79 Å². The smallest absolute Gasteiger partial charge is 0.267 e. The summed E-state index contributed by atoms with van der Waals surface area (Å²) < 4.78 is 0. The third-order valence-electron chi connectivity index (χ3n) is 4.29. The highest BCUT2D eigenvalue weighted by atomic mass is 35.5. The van der Waals surface area contributed by atoms with Gasteiger partial charge in [0.1, 0.15) is 5.69 Å². The number of fused-ring (bicyclic) bond motifs is 1. The van der Waals surface area contributed by atoms with E-state index in [-0.39, 0.29) is 11.9 Å². The second-order valence-corrected chi connectivity index (χ2v) is 6.16. The maximum absolute atomic E-state index is 12.3. The van der Waals surface area contributed by atoms with Crippen molar-refractivity contribution in [2.45, 2.75) is 38.6 Å². The van der Waals surface area contributed by atoms with Gasteiger partial charge in [-0.15, -0.1) is 0 Å². The number of H-pyrrole nitrogens is 1. The highest BCUT2D eigenvalue weighted by Gasteiger charge is 2.23. The zero-order valence-corrected chi connectivity index (χ0v) is 12.3. The number of rotatable bonds is 3. The standard InChI is InChI=1S/C16H19ClN2O/c1-10(11-4-2-3-5-11)18-16(20)15-9-12-8-13(17)6-7-14(12)19-15/h6-11,19H,2-5H2,1H3,(H,18,20). The van der Waals surface area contributed by atoms with Crippen LogP contribution in [0.15, 0.2) is 24.3 Å². The van der Waals surface area contributed by atoms with Gasteiger partial charge >= 0.3 is 0 Å². The highest BCUT2D eigenvalue weighted by molar-refractivity contribution is 6.31. The molecule has 20 heavy (non-hydrogen) atoms. The number of aromatic amines is 1. The van der Waals surface area contributed by atoms with E-state index < -0.39 is 0 Å². The van der Waals surface area contributed by atoms with E-state index in [0.717, 1.165) is 10.9 Å². The van der Waals surface area contributed by atoms with Crippen molar-refractivity contribution < 1.29 is 4.79 Å². The largest absolute Gasteiger partial charge is 0.351 e. The van der Waals surface area contributed by atoms with E-state index in [0.29, 0.717) is 16.6 Å². The molecule has 0 radical (unpaired) electrons. The Hall–Kier alpha value is -1.48. The lowest BCUT2D eigenvalue weighted by Crippen LogP contribution is -2.37. The summed E-state index contributed by atoms with van der Waals surface area (Å²) in [6.45, 7) is 2.10. The fraction of sp³-hybridized carbons (Fsp3) is 0.438. The summed E-state index contributed by atoms with van der Waals surface area (Å²) in [5, 5.41) is 4.76. The summed E-state index contributed by atoms with van der Waals surface area (Å²) in [6.07, 6.45) is 5.03. The van der Waals surface area contributed by atoms with Gasteiger partial charge in [0, 0.05) is 22.0 Å². The zero-order chi connectivity index (χ0) is 14.1. The van der Waals surface area contributed by atoms with E-state index in [2.05, 4.69) is 17.2 Å². The molecule has 0 saturated heterocycles. The first-order valence-corrected chi connectivity index (χ1v) is 7.60. The van der Waals surface area contributed by atoms with Crippen LogP contribution in [0.25, 0.3) is 10.9 Å². The van der Waals surface area contributed by atoms with Crippen molar-refractivity contribution >= 4 is 28.4 Å². The lowest BCUT2D eigenvalue weighted by molar-refractivity contribution is 0.0923. The molecule has 1 aliphatic carbocycles. The first-order chi connectivity index (χ1) is 9.63. The van der Waals surface area contributed by atoms with Crippen LogP contribution in [-0.4, -0.2) is 16.9 Å². The Morgan fingerprint density at radius 2 is 2.10 bits per heavy atom. The molecule has 0 bridgehead atoms. The third kappa shape index (κ3) is 2.68. The van der Waals surface area contributed by atoms with Crippen molar-refractivity contribution in [1.82, 2.24) is 10.3 Å². The van der Waals surface area contributed by atoms with E-state index in [1.165, 1.54) is 25.7 Å². The van der Waals surface area contributed by atoms with Gasteiger partial charge in [-0.2, -0.15) is 0 Å². The minimum atomic E-state index is -0.0308. The number of benzene rings is 1. The van der Waals surface area contributed by atoms with Gasteiger partial charge in [0.15, 0.2) is 0 Å². The Morgan fingerprint density at radius 1 is 1.35 bits per heavy atom. The minimum absolute atomic E-state index is 0.0308. The molecule has 0 aliphatic heterocycles. The second-order valence-electron chi connectivity index (χ2n) is 5.72. The fourth-order valence-electron chi connectivity index (χ4n) is 3.09. The van der Waals surface area contributed by atoms with E-state index >= 15 is 0 Å². The summed E-state index contributed by atoms with van der Waals surface area (Å²) in [7, 11) is 0. The molecular formula is C16H19ClN2O. The first-order valence-electron chi connectivity index (χ1n) is 7.22. The maximum atomic E-state index is 12.3. The summed E-state index contributed by atoms with van der Waals surface area (Å²) in [5.74, 6) is 0.592. The molecule has 1 heterocycles. The molecule has 3 rings (SSSR count). The average Bonchev–Trinajstić information content (AvgIpc) is 3.07. The first kappa shape index (κ1) is 13.5. The number of aromatic nitrogens is 1. The summed E-state index contributed by atoms with van der Waals surface area (Å²) in [5.41, 5.74) is 1.54. The Morgan fingerprint density at radius 3 is 2.85 bits per heavy atom. The number of carbonyl (C=O) groups excluding carboxylic acids is 1. The number of hydrogen-bond acceptors (Lipinski definition) is 1. The Kier molecular flexibility index (Phi) is 3.70. The summed E-state index contributed by atoms with van der Waals surface area (Å²) in [4.78, 5) is 15.4. The molecule has 1 amide bonds. The maximum Gasteiger partial charge on any atom is 0.267 e. The van der Waals surface area contributed by atoms with Gasteiger partial charge in [0.25, 0.3) is 5.91 Å². The van der Waals surface area contributed by atoms with Crippen molar-refractivity contribution in [2.24, 2.45) is 5.92 Å². The predicted molar refractivity (Wildman–Crippen MR) is 82.2 cm³/mol.